The van der Waals surface area contributed by atoms with E-state index in [0.717, 1.165) is 22.8 Å². The van der Waals surface area contributed by atoms with Crippen LogP contribution in [0.1, 0.15) is 0 Å². The Balaban J connectivity index is 1.79. The third-order valence-corrected chi connectivity index (χ3v) is 4.48. The van der Waals surface area contributed by atoms with Gasteiger partial charge in [0.25, 0.3) is 0 Å². The van der Waals surface area contributed by atoms with Gasteiger partial charge in [-0.3, -0.25) is 0 Å². The fourth-order valence-corrected chi connectivity index (χ4v) is 3.30. The van der Waals surface area contributed by atoms with Gasteiger partial charge in [-0.05, 0) is 12.1 Å². The number of fused-ring (bicyclic) bond motifs is 1. The van der Waals surface area contributed by atoms with E-state index in [1.54, 1.807) is 0 Å². The summed E-state index contributed by atoms with van der Waals surface area (Å²) in [7, 11) is 0. The molecule has 1 aromatic carbocycles. The van der Waals surface area contributed by atoms with Gasteiger partial charge in [-0.1, -0.05) is 23.9 Å². The summed E-state index contributed by atoms with van der Waals surface area (Å²) in [6, 6.07) is 7.47. The number of aromatic amines is 1. The van der Waals surface area contributed by atoms with Crippen molar-refractivity contribution in [2.75, 3.05) is 6.61 Å². The molecule has 1 aromatic heterocycles. The highest BCUT2D eigenvalue weighted by atomic mass is 32.2. The predicted molar refractivity (Wildman–Crippen MR) is 75.7 cm³/mol. The lowest BCUT2D eigenvalue weighted by atomic mass is 10.0. The maximum atomic E-state index is 9.98. The van der Waals surface area contributed by atoms with Gasteiger partial charge in [-0.25, -0.2) is 4.98 Å². The summed E-state index contributed by atoms with van der Waals surface area (Å²) in [5.74, 6) is 0. The fraction of sp³-hybridized carbons (Fsp3) is 0.462. The molecule has 1 aliphatic heterocycles. The van der Waals surface area contributed by atoms with Crippen LogP contribution in [0.25, 0.3) is 11.0 Å². The third-order valence-electron chi connectivity index (χ3n) is 3.44. The molecule has 0 radical (unpaired) electrons. The van der Waals surface area contributed by atoms with E-state index in [-0.39, 0.29) is 0 Å². The lowest BCUT2D eigenvalue weighted by Gasteiger charge is -2.39. The molecule has 21 heavy (non-hydrogen) atoms. The van der Waals surface area contributed by atoms with E-state index in [0.29, 0.717) is 5.16 Å². The molecule has 0 amide bonds. The number of ether oxygens (including phenoxy) is 1. The molecule has 1 saturated heterocycles. The summed E-state index contributed by atoms with van der Waals surface area (Å²) in [5.41, 5.74) is 0.801. The third kappa shape index (κ3) is 2.78. The van der Waals surface area contributed by atoms with Crippen molar-refractivity contribution in [1.29, 1.82) is 0 Å². The molecule has 0 aliphatic carbocycles. The Morgan fingerprint density at radius 1 is 1.14 bits per heavy atom. The van der Waals surface area contributed by atoms with Crippen LogP contribution in [0.15, 0.2) is 29.4 Å². The van der Waals surface area contributed by atoms with Crippen LogP contribution in [0, 0.1) is 0 Å². The summed E-state index contributed by atoms with van der Waals surface area (Å²) in [4.78, 5) is 7.42. The Morgan fingerprint density at radius 2 is 1.90 bits per heavy atom. The molecule has 0 saturated carbocycles. The maximum absolute atomic E-state index is 9.98. The smallest absolute Gasteiger partial charge is 0.168 e. The number of thioether (sulfide) groups is 1. The van der Waals surface area contributed by atoms with Gasteiger partial charge in [-0.15, -0.1) is 0 Å². The van der Waals surface area contributed by atoms with Crippen molar-refractivity contribution in [3.63, 3.8) is 0 Å². The summed E-state index contributed by atoms with van der Waals surface area (Å²) >= 11 is 1.10. The Hall–Kier alpha value is -1.16. The molecule has 5 N–H and O–H groups in total. The molecule has 5 atom stereocenters. The maximum Gasteiger partial charge on any atom is 0.168 e. The first-order chi connectivity index (χ1) is 10.1. The van der Waals surface area contributed by atoms with Crippen LogP contribution in [0.4, 0.5) is 0 Å². The molecule has 1 fully saturated rings. The standard InChI is InChI=1S/C13H16N2O5S/c16-5-8-9(17)10(18)11(19)12(20-8)21-13-14-6-3-1-2-4-7(6)15-13/h1-4,8-12,16-19H,5H2,(H,14,15). The lowest BCUT2D eigenvalue weighted by Crippen LogP contribution is -2.57. The number of hydrogen-bond acceptors (Lipinski definition) is 7. The molecule has 2 heterocycles. The van der Waals surface area contributed by atoms with Gasteiger partial charge >= 0.3 is 0 Å². The van der Waals surface area contributed by atoms with E-state index >= 15 is 0 Å². The van der Waals surface area contributed by atoms with Crippen LogP contribution in [0.2, 0.25) is 0 Å². The van der Waals surface area contributed by atoms with Crippen molar-refractivity contribution in [2.24, 2.45) is 0 Å². The number of nitrogens with one attached hydrogen (secondary N) is 1. The minimum atomic E-state index is -1.38. The van der Waals surface area contributed by atoms with E-state index in [4.69, 9.17) is 9.84 Å². The predicted octanol–water partition coefficient (Wildman–Crippen LogP) is -0.545. The topological polar surface area (TPSA) is 119 Å². The van der Waals surface area contributed by atoms with Crippen molar-refractivity contribution in [3.05, 3.63) is 24.3 Å². The number of aliphatic hydroxyl groups excluding tert-OH is 4. The van der Waals surface area contributed by atoms with Crippen LogP contribution in [-0.2, 0) is 4.74 Å². The Labute approximate surface area is 124 Å². The van der Waals surface area contributed by atoms with Crippen molar-refractivity contribution in [1.82, 2.24) is 9.97 Å². The fourth-order valence-electron chi connectivity index (χ4n) is 2.26. The monoisotopic (exact) mass is 312 g/mol. The van der Waals surface area contributed by atoms with E-state index in [2.05, 4.69) is 9.97 Å². The van der Waals surface area contributed by atoms with Crippen LogP contribution < -0.4 is 0 Å². The quantitative estimate of drug-likeness (QED) is 0.516. The molecular formula is C13H16N2O5S. The van der Waals surface area contributed by atoms with E-state index in [1.165, 1.54) is 0 Å². The van der Waals surface area contributed by atoms with E-state index in [1.807, 2.05) is 24.3 Å². The van der Waals surface area contributed by atoms with Gasteiger partial charge in [0, 0.05) is 0 Å². The first-order valence-corrected chi connectivity index (χ1v) is 7.40. The molecule has 7 nitrogen and oxygen atoms in total. The van der Waals surface area contributed by atoms with Gasteiger partial charge in [-0.2, -0.15) is 0 Å². The summed E-state index contributed by atoms with van der Waals surface area (Å²) in [6.45, 7) is -0.442. The molecule has 5 unspecified atom stereocenters. The molecule has 8 heteroatoms. The van der Waals surface area contributed by atoms with Crippen molar-refractivity contribution < 1.29 is 25.2 Å². The Kier molecular flexibility index (Phi) is 4.16. The number of aliphatic hydroxyl groups is 4. The summed E-state index contributed by atoms with van der Waals surface area (Å²) < 4.78 is 5.42. The SMILES string of the molecule is OCC1OC(Sc2nc3ccccc3[nH]2)C(O)C(O)C1O. The van der Waals surface area contributed by atoms with E-state index < -0.39 is 36.5 Å². The minimum Gasteiger partial charge on any atom is -0.394 e. The number of H-pyrrole nitrogens is 1. The van der Waals surface area contributed by atoms with Crippen molar-refractivity contribution >= 4 is 22.8 Å². The molecule has 0 bridgehead atoms. The van der Waals surface area contributed by atoms with Crippen LogP contribution >= 0.6 is 11.8 Å². The number of nitrogens with zero attached hydrogens (tertiary/aromatic N) is 1. The van der Waals surface area contributed by atoms with Gasteiger partial charge in [0.05, 0.1) is 17.6 Å². The highest BCUT2D eigenvalue weighted by molar-refractivity contribution is 7.99. The normalized spacial score (nSPS) is 33.4. The van der Waals surface area contributed by atoms with Gasteiger partial charge in [0.1, 0.15) is 29.9 Å². The van der Waals surface area contributed by atoms with Crippen LogP contribution in [0.5, 0.6) is 0 Å². The number of hydrogen-bond donors (Lipinski definition) is 5. The molecular weight excluding hydrogens is 296 g/mol. The van der Waals surface area contributed by atoms with Crippen molar-refractivity contribution in [2.45, 2.75) is 35.0 Å². The minimum absolute atomic E-state index is 0.442. The highest BCUT2D eigenvalue weighted by Crippen LogP contribution is 2.32. The molecule has 2 aromatic rings. The number of rotatable bonds is 3. The first-order valence-electron chi connectivity index (χ1n) is 6.52. The highest BCUT2D eigenvalue weighted by Gasteiger charge is 2.44. The van der Waals surface area contributed by atoms with Gasteiger partial charge < -0.3 is 30.1 Å². The zero-order valence-corrected chi connectivity index (χ0v) is 11.8. The van der Waals surface area contributed by atoms with E-state index in [9.17, 15) is 15.3 Å². The van der Waals surface area contributed by atoms with Crippen molar-refractivity contribution in [3.8, 4) is 0 Å². The molecule has 0 spiro atoms. The largest absolute Gasteiger partial charge is 0.394 e. The number of para-hydroxylation sites is 2. The second kappa shape index (κ2) is 5.91. The molecule has 1 aliphatic rings. The zero-order valence-electron chi connectivity index (χ0n) is 11.0. The average Bonchev–Trinajstić information content (AvgIpc) is 2.90. The second-order valence-electron chi connectivity index (χ2n) is 4.87. The number of benzene rings is 1. The van der Waals surface area contributed by atoms with Gasteiger partial charge in [0.2, 0.25) is 0 Å². The van der Waals surface area contributed by atoms with Crippen LogP contribution in [0.3, 0.4) is 0 Å². The van der Waals surface area contributed by atoms with Crippen LogP contribution in [-0.4, -0.2) is 66.9 Å². The molecule has 114 valence electrons. The summed E-state index contributed by atoms with van der Waals surface area (Å²) in [6.07, 6.45) is -4.92. The first kappa shape index (κ1) is 14.8. The Morgan fingerprint density at radius 3 is 2.62 bits per heavy atom. The summed E-state index contributed by atoms with van der Waals surface area (Å²) in [5, 5.41) is 39.1. The van der Waals surface area contributed by atoms with Gasteiger partial charge in [0.15, 0.2) is 5.16 Å². The average molecular weight is 312 g/mol. The Bertz CT molecular complexity index is 586. The lowest BCUT2D eigenvalue weighted by molar-refractivity contribution is -0.205. The second-order valence-corrected chi connectivity index (χ2v) is 5.96. The number of imidazole rings is 1. The number of aromatic nitrogens is 2. The molecule has 3 rings (SSSR count). The zero-order chi connectivity index (χ0) is 15.0.